The number of pyridine rings is 1. The van der Waals surface area contributed by atoms with Gasteiger partial charge in [0.15, 0.2) is 0 Å². The fourth-order valence-electron chi connectivity index (χ4n) is 3.64. The molecular weight excluding hydrogens is 524 g/mol. The van der Waals surface area contributed by atoms with Crippen molar-refractivity contribution in [3.63, 3.8) is 0 Å². The zero-order valence-corrected chi connectivity index (χ0v) is 20.4. The molecule has 39 heavy (non-hydrogen) atoms. The SMILES string of the molecule is Cc1ccc(C(=O)Nc2cc(C(F)(F)F)cc(C(F)(F)F)c2)cc1C#Cc1cc(-c2ccnn2C)cnc1N. The van der Waals surface area contributed by atoms with Gasteiger partial charge in [0.1, 0.15) is 5.82 Å². The van der Waals surface area contributed by atoms with Gasteiger partial charge in [-0.1, -0.05) is 17.9 Å². The second kappa shape index (κ2) is 10.2. The Kier molecular flexibility index (Phi) is 7.10. The Morgan fingerprint density at radius 1 is 0.923 bits per heavy atom. The summed E-state index contributed by atoms with van der Waals surface area (Å²) >= 11 is 0. The molecule has 0 aliphatic rings. The predicted octanol–water partition coefficient (Wildman–Crippen LogP) is 6.06. The first kappa shape index (κ1) is 27.3. The summed E-state index contributed by atoms with van der Waals surface area (Å²) in [5, 5.41) is 6.23. The molecule has 4 rings (SSSR count). The molecule has 0 radical (unpaired) electrons. The minimum Gasteiger partial charge on any atom is -0.383 e. The van der Waals surface area contributed by atoms with Crippen LogP contribution in [-0.2, 0) is 19.4 Å². The smallest absolute Gasteiger partial charge is 0.383 e. The number of benzene rings is 2. The van der Waals surface area contributed by atoms with Gasteiger partial charge in [0.05, 0.1) is 22.4 Å². The summed E-state index contributed by atoms with van der Waals surface area (Å²) in [6, 6.07) is 8.69. The highest BCUT2D eigenvalue weighted by Crippen LogP contribution is 2.37. The van der Waals surface area contributed by atoms with Gasteiger partial charge in [-0.3, -0.25) is 9.48 Å². The Morgan fingerprint density at radius 3 is 2.15 bits per heavy atom. The van der Waals surface area contributed by atoms with E-state index >= 15 is 0 Å². The average molecular weight is 543 g/mol. The van der Waals surface area contributed by atoms with Gasteiger partial charge in [-0.15, -0.1) is 0 Å². The topological polar surface area (TPSA) is 85.8 Å². The monoisotopic (exact) mass is 543 g/mol. The summed E-state index contributed by atoms with van der Waals surface area (Å²) < 4.78 is 80.6. The molecule has 0 spiro atoms. The van der Waals surface area contributed by atoms with E-state index in [0.29, 0.717) is 28.8 Å². The van der Waals surface area contributed by atoms with Crippen molar-refractivity contribution in [3.05, 3.63) is 94.3 Å². The number of anilines is 2. The second-order valence-corrected chi connectivity index (χ2v) is 8.53. The molecule has 2 aromatic carbocycles. The van der Waals surface area contributed by atoms with E-state index in [0.717, 1.165) is 11.3 Å². The molecule has 200 valence electrons. The fraction of sp³-hybridized carbons (Fsp3) is 0.148. The summed E-state index contributed by atoms with van der Waals surface area (Å²) in [7, 11) is 1.76. The number of aromatic nitrogens is 3. The first-order chi connectivity index (χ1) is 18.2. The van der Waals surface area contributed by atoms with Gasteiger partial charge in [-0.25, -0.2) is 4.98 Å². The molecule has 0 aliphatic heterocycles. The van der Waals surface area contributed by atoms with Crippen molar-refractivity contribution in [1.82, 2.24) is 14.8 Å². The Bertz CT molecular complexity index is 1590. The molecule has 12 heteroatoms. The summed E-state index contributed by atoms with van der Waals surface area (Å²) in [5.74, 6) is 5.07. The largest absolute Gasteiger partial charge is 0.416 e. The van der Waals surface area contributed by atoms with Crippen molar-refractivity contribution in [1.29, 1.82) is 0 Å². The number of hydrogen-bond acceptors (Lipinski definition) is 4. The van der Waals surface area contributed by atoms with Crippen LogP contribution in [-0.4, -0.2) is 20.7 Å². The van der Waals surface area contributed by atoms with Crippen LogP contribution in [0.15, 0.2) is 60.9 Å². The number of nitrogens with two attached hydrogens (primary N) is 1. The van der Waals surface area contributed by atoms with Crippen LogP contribution in [0.25, 0.3) is 11.3 Å². The number of amides is 1. The molecule has 0 saturated carbocycles. The quantitative estimate of drug-likeness (QED) is 0.243. The molecule has 0 unspecified atom stereocenters. The van der Waals surface area contributed by atoms with Crippen molar-refractivity contribution >= 4 is 17.4 Å². The molecule has 0 saturated heterocycles. The van der Waals surface area contributed by atoms with Crippen LogP contribution in [0.2, 0.25) is 0 Å². The Morgan fingerprint density at radius 2 is 1.56 bits per heavy atom. The number of halogens is 6. The van der Waals surface area contributed by atoms with Gasteiger partial charge in [-0.05, 0) is 55.0 Å². The number of nitrogens with zero attached hydrogens (tertiary/aromatic N) is 3. The average Bonchev–Trinajstić information content (AvgIpc) is 3.29. The first-order valence-electron chi connectivity index (χ1n) is 11.2. The number of nitrogens with one attached hydrogen (secondary N) is 1. The molecule has 1 amide bonds. The molecule has 4 aromatic rings. The lowest BCUT2D eigenvalue weighted by atomic mass is 10.0. The molecule has 2 heterocycles. The lowest BCUT2D eigenvalue weighted by Gasteiger charge is -2.15. The lowest BCUT2D eigenvalue weighted by Crippen LogP contribution is -2.16. The van der Waals surface area contributed by atoms with E-state index in [-0.39, 0.29) is 17.4 Å². The Balaban J connectivity index is 1.64. The van der Waals surface area contributed by atoms with Crippen molar-refractivity contribution in [2.75, 3.05) is 11.1 Å². The maximum Gasteiger partial charge on any atom is 0.416 e. The zero-order valence-electron chi connectivity index (χ0n) is 20.4. The number of alkyl halides is 6. The Hall–Kier alpha value is -4.79. The molecule has 6 nitrogen and oxygen atoms in total. The van der Waals surface area contributed by atoms with Crippen molar-refractivity contribution in [2.24, 2.45) is 7.05 Å². The lowest BCUT2D eigenvalue weighted by molar-refractivity contribution is -0.143. The summed E-state index contributed by atoms with van der Waals surface area (Å²) in [6.07, 6.45) is -6.89. The highest BCUT2D eigenvalue weighted by molar-refractivity contribution is 6.04. The summed E-state index contributed by atoms with van der Waals surface area (Å²) in [4.78, 5) is 16.9. The van der Waals surface area contributed by atoms with Gasteiger partial charge >= 0.3 is 12.4 Å². The highest BCUT2D eigenvalue weighted by atomic mass is 19.4. The van der Waals surface area contributed by atoms with Crippen LogP contribution < -0.4 is 11.1 Å². The highest BCUT2D eigenvalue weighted by Gasteiger charge is 2.37. The van der Waals surface area contributed by atoms with Crippen molar-refractivity contribution in [3.8, 4) is 23.1 Å². The van der Waals surface area contributed by atoms with Gasteiger partial charge in [0, 0.05) is 41.8 Å². The normalized spacial score (nSPS) is 11.6. The fourth-order valence-corrected chi connectivity index (χ4v) is 3.64. The molecule has 0 fully saturated rings. The van der Waals surface area contributed by atoms with Crippen LogP contribution in [0, 0.1) is 18.8 Å². The summed E-state index contributed by atoms with van der Waals surface area (Å²) in [6.45, 7) is 1.72. The number of carbonyl (C=O) groups excluding carboxylic acids is 1. The minimum absolute atomic E-state index is 0.0148. The van der Waals surface area contributed by atoms with E-state index in [2.05, 4.69) is 27.2 Å². The first-order valence-corrected chi connectivity index (χ1v) is 11.2. The molecule has 0 bridgehead atoms. The van der Waals surface area contributed by atoms with Crippen LogP contribution in [0.5, 0.6) is 0 Å². The van der Waals surface area contributed by atoms with Gasteiger partial charge < -0.3 is 11.1 Å². The standard InChI is InChI=1S/C27H19F6N5O/c1-15-3-4-18(25(39)37-22-12-20(26(28,29)30)11-21(13-22)27(31,32)33)9-16(15)5-6-17-10-19(14-35-24(17)34)23-7-8-36-38(23)2/h3-4,7-14H,1-2H3,(H2,34,35)(H,37,39). The number of nitrogen functional groups attached to an aromatic ring is 1. The van der Waals surface area contributed by atoms with E-state index in [9.17, 15) is 31.1 Å². The maximum atomic E-state index is 13.2. The zero-order chi connectivity index (χ0) is 28.5. The van der Waals surface area contributed by atoms with Gasteiger partial charge in [-0.2, -0.15) is 31.4 Å². The molecule has 0 aliphatic carbocycles. The van der Waals surface area contributed by atoms with Gasteiger partial charge in [0.2, 0.25) is 0 Å². The molecule has 0 atom stereocenters. The van der Waals surface area contributed by atoms with E-state index < -0.39 is 35.1 Å². The second-order valence-electron chi connectivity index (χ2n) is 8.53. The number of aryl methyl sites for hydroxylation is 2. The number of rotatable bonds is 3. The predicted molar refractivity (Wildman–Crippen MR) is 132 cm³/mol. The number of hydrogen-bond donors (Lipinski definition) is 2. The van der Waals surface area contributed by atoms with E-state index in [4.69, 9.17) is 5.73 Å². The van der Waals surface area contributed by atoms with Crippen molar-refractivity contribution < 1.29 is 31.1 Å². The molecule has 3 N–H and O–H groups in total. The maximum absolute atomic E-state index is 13.2. The van der Waals surface area contributed by atoms with E-state index in [1.807, 2.05) is 0 Å². The Labute approximate surface area is 218 Å². The van der Waals surface area contributed by atoms with Crippen LogP contribution >= 0.6 is 0 Å². The third-order valence-corrected chi connectivity index (χ3v) is 5.71. The molecule has 2 aromatic heterocycles. The van der Waals surface area contributed by atoms with E-state index in [1.165, 1.54) is 12.1 Å². The van der Waals surface area contributed by atoms with Crippen molar-refractivity contribution in [2.45, 2.75) is 19.3 Å². The van der Waals surface area contributed by atoms with Crippen LogP contribution in [0.1, 0.15) is 38.2 Å². The van der Waals surface area contributed by atoms with Crippen LogP contribution in [0.3, 0.4) is 0 Å². The van der Waals surface area contributed by atoms with E-state index in [1.54, 1.807) is 49.2 Å². The summed E-state index contributed by atoms with van der Waals surface area (Å²) in [5.41, 5.74) is 5.20. The third kappa shape index (κ3) is 6.20. The minimum atomic E-state index is -5.04. The third-order valence-electron chi connectivity index (χ3n) is 5.71. The van der Waals surface area contributed by atoms with Gasteiger partial charge in [0.25, 0.3) is 5.91 Å². The van der Waals surface area contributed by atoms with Crippen LogP contribution in [0.4, 0.5) is 37.8 Å². The number of carbonyl (C=O) groups is 1. The molecular formula is C27H19F6N5O.